The summed E-state index contributed by atoms with van der Waals surface area (Å²) in [4.78, 5) is 0. The van der Waals surface area contributed by atoms with Gasteiger partial charge in [0.15, 0.2) is 0 Å². The number of benzene rings is 1. The second-order valence-electron chi connectivity index (χ2n) is 7.41. The van der Waals surface area contributed by atoms with Crippen LogP contribution in [0.4, 0.5) is 5.69 Å². The first-order valence-electron chi connectivity index (χ1n) is 12.4. The van der Waals surface area contributed by atoms with E-state index in [9.17, 15) is 0 Å². The van der Waals surface area contributed by atoms with Crippen LogP contribution in [0.2, 0.25) is 0 Å². The number of ether oxygens (including phenoxy) is 8. The predicted octanol–water partition coefficient (Wildman–Crippen LogP) is 2.95. The van der Waals surface area contributed by atoms with Crippen LogP contribution in [0.25, 0.3) is 0 Å². The summed E-state index contributed by atoms with van der Waals surface area (Å²) < 4.78 is 43.7. The summed E-state index contributed by atoms with van der Waals surface area (Å²) >= 11 is 0. The standard InChI is InChI=1S/C25H45NO8/c1-2-3-4-9-27-10-11-28-12-13-29-14-15-30-16-17-31-18-19-32-20-21-33-22-23-34-25-7-5-24(26)6-8-25/h5-8H,2-4,9-23,26H2,1H3. The average molecular weight is 488 g/mol. The molecule has 34 heavy (non-hydrogen) atoms. The van der Waals surface area contributed by atoms with Crippen LogP contribution in [0.15, 0.2) is 24.3 Å². The molecule has 9 heteroatoms. The molecule has 1 aromatic rings. The third-order valence-corrected chi connectivity index (χ3v) is 4.50. The molecule has 0 unspecified atom stereocenters. The highest BCUT2D eigenvalue weighted by atomic mass is 16.6. The first-order chi connectivity index (χ1) is 16.8. The van der Waals surface area contributed by atoms with Crippen molar-refractivity contribution in [3.63, 3.8) is 0 Å². The fourth-order valence-corrected chi connectivity index (χ4v) is 2.66. The molecule has 0 aliphatic rings. The van der Waals surface area contributed by atoms with Crippen LogP contribution in [0.3, 0.4) is 0 Å². The van der Waals surface area contributed by atoms with Crippen LogP contribution in [-0.4, -0.2) is 99.1 Å². The Bertz CT molecular complexity index is 532. The third kappa shape index (κ3) is 21.1. The molecule has 0 amide bonds. The van der Waals surface area contributed by atoms with Crippen molar-refractivity contribution in [1.82, 2.24) is 0 Å². The molecule has 0 radical (unpaired) electrons. The third-order valence-electron chi connectivity index (χ3n) is 4.50. The second-order valence-corrected chi connectivity index (χ2v) is 7.41. The zero-order chi connectivity index (χ0) is 24.4. The molecule has 9 nitrogen and oxygen atoms in total. The average Bonchev–Trinajstić information content (AvgIpc) is 2.85. The fourth-order valence-electron chi connectivity index (χ4n) is 2.66. The summed E-state index contributed by atoms with van der Waals surface area (Å²) in [6.45, 7) is 10.6. The van der Waals surface area contributed by atoms with E-state index in [1.807, 2.05) is 12.1 Å². The van der Waals surface area contributed by atoms with Crippen molar-refractivity contribution in [2.75, 3.05) is 105 Å². The van der Waals surface area contributed by atoms with Gasteiger partial charge >= 0.3 is 0 Å². The van der Waals surface area contributed by atoms with E-state index >= 15 is 0 Å². The first-order valence-corrected chi connectivity index (χ1v) is 12.4. The van der Waals surface area contributed by atoms with E-state index < -0.39 is 0 Å². The Kier molecular flexibility index (Phi) is 22.2. The van der Waals surface area contributed by atoms with Gasteiger partial charge in [-0.2, -0.15) is 0 Å². The lowest BCUT2D eigenvalue weighted by atomic mass is 10.3. The highest BCUT2D eigenvalue weighted by Crippen LogP contribution is 2.12. The van der Waals surface area contributed by atoms with Gasteiger partial charge in [0.25, 0.3) is 0 Å². The SMILES string of the molecule is CCCCCOCCOCCOCCOCCOCCOCCOCCOc1ccc(N)cc1. The van der Waals surface area contributed by atoms with Crippen molar-refractivity contribution in [3.05, 3.63) is 24.3 Å². The number of hydrogen-bond donors (Lipinski definition) is 1. The van der Waals surface area contributed by atoms with Gasteiger partial charge < -0.3 is 43.6 Å². The molecule has 0 atom stereocenters. The van der Waals surface area contributed by atoms with Gasteiger partial charge in [-0.25, -0.2) is 0 Å². The van der Waals surface area contributed by atoms with Crippen LogP contribution in [0.5, 0.6) is 5.75 Å². The molecule has 0 aliphatic carbocycles. The van der Waals surface area contributed by atoms with Crippen molar-refractivity contribution in [3.8, 4) is 5.75 Å². The minimum absolute atomic E-state index is 0.487. The molecular formula is C25H45NO8. The Hall–Kier alpha value is -1.46. The Morgan fingerprint density at radius 3 is 1.21 bits per heavy atom. The van der Waals surface area contributed by atoms with E-state index in [2.05, 4.69) is 6.92 Å². The van der Waals surface area contributed by atoms with E-state index in [-0.39, 0.29) is 0 Å². The van der Waals surface area contributed by atoms with E-state index in [0.29, 0.717) is 92.5 Å². The van der Waals surface area contributed by atoms with Crippen molar-refractivity contribution in [2.24, 2.45) is 0 Å². The number of nitrogens with two attached hydrogens (primary N) is 1. The highest BCUT2D eigenvalue weighted by Gasteiger charge is 1.96. The van der Waals surface area contributed by atoms with Crippen LogP contribution in [-0.2, 0) is 33.2 Å². The normalized spacial score (nSPS) is 11.2. The van der Waals surface area contributed by atoms with E-state index in [0.717, 1.165) is 24.5 Å². The minimum Gasteiger partial charge on any atom is -0.491 e. The highest BCUT2D eigenvalue weighted by molar-refractivity contribution is 5.41. The quantitative estimate of drug-likeness (QED) is 0.156. The van der Waals surface area contributed by atoms with E-state index in [1.165, 1.54) is 12.8 Å². The Balaban J connectivity index is 1.66. The molecular weight excluding hydrogens is 442 g/mol. The largest absolute Gasteiger partial charge is 0.491 e. The monoisotopic (exact) mass is 487 g/mol. The number of nitrogen functional groups attached to an aromatic ring is 1. The molecule has 0 fully saturated rings. The van der Waals surface area contributed by atoms with Crippen molar-refractivity contribution >= 4 is 5.69 Å². The maximum absolute atomic E-state index is 5.63. The number of anilines is 1. The van der Waals surface area contributed by atoms with Crippen LogP contribution >= 0.6 is 0 Å². The zero-order valence-corrected chi connectivity index (χ0v) is 20.9. The van der Waals surface area contributed by atoms with Crippen molar-refractivity contribution < 1.29 is 37.9 Å². The van der Waals surface area contributed by atoms with Gasteiger partial charge in [-0.1, -0.05) is 19.8 Å². The maximum atomic E-state index is 5.63. The molecule has 198 valence electrons. The van der Waals surface area contributed by atoms with Crippen LogP contribution < -0.4 is 10.5 Å². The summed E-state index contributed by atoms with van der Waals surface area (Å²) in [5, 5.41) is 0. The Morgan fingerprint density at radius 1 is 0.471 bits per heavy atom. The summed E-state index contributed by atoms with van der Waals surface area (Å²) in [5.41, 5.74) is 6.34. The van der Waals surface area contributed by atoms with Gasteiger partial charge in [0.05, 0.1) is 85.9 Å². The Labute approximate surface area is 205 Å². The van der Waals surface area contributed by atoms with Crippen molar-refractivity contribution in [1.29, 1.82) is 0 Å². The summed E-state index contributed by atoms with van der Waals surface area (Å²) in [6.07, 6.45) is 3.56. The van der Waals surface area contributed by atoms with Gasteiger partial charge in [0.2, 0.25) is 0 Å². The minimum atomic E-state index is 0.487. The molecule has 0 saturated heterocycles. The van der Waals surface area contributed by atoms with Gasteiger partial charge in [0, 0.05) is 12.3 Å². The topological polar surface area (TPSA) is 99.9 Å². The van der Waals surface area contributed by atoms with Gasteiger partial charge in [0.1, 0.15) is 12.4 Å². The molecule has 2 N–H and O–H groups in total. The van der Waals surface area contributed by atoms with E-state index in [4.69, 9.17) is 43.6 Å². The number of rotatable bonds is 26. The summed E-state index contributed by atoms with van der Waals surface area (Å²) in [7, 11) is 0. The van der Waals surface area contributed by atoms with Gasteiger partial charge in [-0.3, -0.25) is 0 Å². The van der Waals surface area contributed by atoms with Crippen LogP contribution in [0.1, 0.15) is 26.2 Å². The molecule has 0 aliphatic heterocycles. The molecule has 0 bridgehead atoms. The maximum Gasteiger partial charge on any atom is 0.119 e. The molecule has 0 aromatic heterocycles. The Morgan fingerprint density at radius 2 is 0.824 bits per heavy atom. The number of unbranched alkanes of at least 4 members (excludes halogenated alkanes) is 2. The van der Waals surface area contributed by atoms with E-state index in [1.54, 1.807) is 12.1 Å². The molecule has 0 heterocycles. The molecule has 0 spiro atoms. The van der Waals surface area contributed by atoms with Crippen molar-refractivity contribution in [2.45, 2.75) is 26.2 Å². The van der Waals surface area contributed by atoms with Gasteiger partial charge in [-0.05, 0) is 30.7 Å². The molecule has 0 saturated carbocycles. The summed E-state index contributed by atoms with van der Waals surface area (Å²) in [6, 6.07) is 7.28. The van der Waals surface area contributed by atoms with Gasteiger partial charge in [-0.15, -0.1) is 0 Å². The van der Waals surface area contributed by atoms with Crippen LogP contribution in [0, 0.1) is 0 Å². The lowest BCUT2D eigenvalue weighted by Gasteiger charge is -2.09. The summed E-state index contributed by atoms with van der Waals surface area (Å²) in [5.74, 6) is 0.780. The second kappa shape index (κ2) is 24.7. The number of hydrogen-bond acceptors (Lipinski definition) is 9. The molecule has 1 aromatic carbocycles. The fraction of sp³-hybridized carbons (Fsp3) is 0.760. The lowest BCUT2D eigenvalue weighted by Crippen LogP contribution is -2.15. The predicted molar refractivity (Wildman–Crippen MR) is 132 cm³/mol. The smallest absolute Gasteiger partial charge is 0.119 e. The first kappa shape index (κ1) is 30.6. The zero-order valence-electron chi connectivity index (χ0n) is 20.9. The molecule has 1 rings (SSSR count). The lowest BCUT2D eigenvalue weighted by molar-refractivity contribution is -0.0212.